The SMILES string of the molecule is CN1CCOC(C(N)Cc2ccc(OC(F)(F)F)cc2)C1. The third-order valence-corrected chi connectivity index (χ3v) is 3.40. The van der Waals surface area contributed by atoms with Crippen LogP contribution in [-0.2, 0) is 11.2 Å². The normalized spacial score (nSPS) is 22.0. The largest absolute Gasteiger partial charge is 0.573 e. The van der Waals surface area contributed by atoms with E-state index in [0.717, 1.165) is 18.7 Å². The number of nitrogens with two attached hydrogens (primary N) is 1. The summed E-state index contributed by atoms with van der Waals surface area (Å²) in [5.74, 6) is -0.228. The molecule has 1 aliphatic rings. The summed E-state index contributed by atoms with van der Waals surface area (Å²) in [5.41, 5.74) is 6.97. The molecular formula is C14H19F3N2O2. The molecule has 2 atom stereocenters. The van der Waals surface area contributed by atoms with E-state index in [9.17, 15) is 13.2 Å². The number of likely N-dealkylation sites (N-methyl/N-ethyl adjacent to an activating group) is 1. The Morgan fingerprint density at radius 1 is 1.38 bits per heavy atom. The second-order valence-corrected chi connectivity index (χ2v) is 5.23. The fourth-order valence-electron chi connectivity index (χ4n) is 2.30. The third kappa shape index (κ3) is 5.18. The first-order valence-corrected chi connectivity index (χ1v) is 6.74. The van der Waals surface area contributed by atoms with Crippen molar-refractivity contribution in [1.29, 1.82) is 0 Å². The van der Waals surface area contributed by atoms with E-state index in [4.69, 9.17) is 10.5 Å². The van der Waals surface area contributed by atoms with Crippen molar-refractivity contribution in [2.24, 2.45) is 5.73 Å². The van der Waals surface area contributed by atoms with E-state index in [1.165, 1.54) is 12.1 Å². The van der Waals surface area contributed by atoms with Crippen LogP contribution in [0.25, 0.3) is 0 Å². The first-order valence-electron chi connectivity index (χ1n) is 6.74. The van der Waals surface area contributed by atoms with Crippen LogP contribution in [0.2, 0.25) is 0 Å². The Morgan fingerprint density at radius 2 is 2.05 bits per heavy atom. The first-order chi connectivity index (χ1) is 9.83. The quantitative estimate of drug-likeness (QED) is 0.921. The van der Waals surface area contributed by atoms with Gasteiger partial charge in [0, 0.05) is 19.1 Å². The molecule has 0 aliphatic carbocycles. The van der Waals surface area contributed by atoms with E-state index in [-0.39, 0.29) is 17.9 Å². The van der Waals surface area contributed by atoms with Crippen LogP contribution in [0.15, 0.2) is 24.3 Å². The van der Waals surface area contributed by atoms with Gasteiger partial charge in [-0.1, -0.05) is 12.1 Å². The standard InChI is InChI=1S/C14H19F3N2O2/c1-19-6-7-20-13(9-19)12(18)8-10-2-4-11(5-3-10)21-14(15,16)17/h2-5,12-13H,6-9,18H2,1H3. The smallest absolute Gasteiger partial charge is 0.406 e. The van der Waals surface area contributed by atoms with Crippen LogP contribution in [0.5, 0.6) is 5.75 Å². The van der Waals surface area contributed by atoms with Crippen LogP contribution < -0.4 is 10.5 Å². The first kappa shape index (κ1) is 16.1. The van der Waals surface area contributed by atoms with Crippen LogP contribution in [-0.4, -0.2) is 50.2 Å². The number of hydrogen-bond donors (Lipinski definition) is 1. The molecule has 2 rings (SSSR count). The zero-order valence-electron chi connectivity index (χ0n) is 11.8. The number of rotatable bonds is 4. The predicted molar refractivity (Wildman–Crippen MR) is 72.0 cm³/mol. The second kappa shape index (κ2) is 6.64. The van der Waals surface area contributed by atoms with Crippen molar-refractivity contribution in [3.63, 3.8) is 0 Å². The minimum Gasteiger partial charge on any atom is -0.406 e. The molecule has 0 spiro atoms. The molecule has 1 aromatic rings. The lowest BCUT2D eigenvalue weighted by Gasteiger charge is -2.33. The molecule has 0 radical (unpaired) electrons. The van der Waals surface area contributed by atoms with Crippen LogP contribution in [0.4, 0.5) is 13.2 Å². The molecule has 7 heteroatoms. The summed E-state index contributed by atoms with van der Waals surface area (Å²) in [4.78, 5) is 2.15. The fourth-order valence-corrected chi connectivity index (χ4v) is 2.30. The molecule has 1 fully saturated rings. The van der Waals surface area contributed by atoms with Gasteiger partial charge in [0.2, 0.25) is 0 Å². The number of ether oxygens (including phenoxy) is 2. The lowest BCUT2D eigenvalue weighted by Crippen LogP contribution is -2.50. The lowest BCUT2D eigenvalue weighted by molar-refractivity contribution is -0.274. The summed E-state index contributed by atoms with van der Waals surface area (Å²) in [6, 6.07) is 5.58. The Morgan fingerprint density at radius 3 is 2.62 bits per heavy atom. The molecule has 1 aliphatic heterocycles. The Kier molecular flexibility index (Phi) is 5.08. The molecule has 21 heavy (non-hydrogen) atoms. The van der Waals surface area contributed by atoms with Crippen molar-refractivity contribution >= 4 is 0 Å². The number of alkyl halides is 3. The third-order valence-electron chi connectivity index (χ3n) is 3.40. The Labute approximate surface area is 121 Å². The van der Waals surface area contributed by atoms with Crippen LogP contribution >= 0.6 is 0 Å². The van der Waals surface area contributed by atoms with Gasteiger partial charge in [-0.3, -0.25) is 0 Å². The van der Waals surface area contributed by atoms with Gasteiger partial charge < -0.3 is 20.1 Å². The van der Waals surface area contributed by atoms with E-state index in [2.05, 4.69) is 9.64 Å². The average molecular weight is 304 g/mol. The zero-order chi connectivity index (χ0) is 15.5. The number of morpholine rings is 1. The number of benzene rings is 1. The highest BCUT2D eigenvalue weighted by Crippen LogP contribution is 2.23. The monoisotopic (exact) mass is 304 g/mol. The molecule has 0 amide bonds. The van der Waals surface area contributed by atoms with Gasteiger partial charge in [-0.05, 0) is 31.2 Å². The lowest BCUT2D eigenvalue weighted by atomic mass is 10.0. The molecule has 1 aromatic carbocycles. The van der Waals surface area contributed by atoms with E-state index in [0.29, 0.717) is 13.0 Å². The molecule has 0 bridgehead atoms. The van der Waals surface area contributed by atoms with Gasteiger partial charge in [0.1, 0.15) is 5.75 Å². The van der Waals surface area contributed by atoms with Gasteiger partial charge >= 0.3 is 6.36 Å². The van der Waals surface area contributed by atoms with Gasteiger partial charge in [0.05, 0.1) is 12.7 Å². The minimum atomic E-state index is -4.67. The number of hydrogen-bond acceptors (Lipinski definition) is 4. The molecule has 4 nitrogen and oxygen atoms in total. The van der Waals surface area contributed by atoms with Gasteiger partial charge in [-0.2, -0.15) is 0 Å². The van der Waals surface area contributed by atoms with Crippen molar-refractivity contribution < 1.29 is 22.6 Å². The average Bonchev–Trinajstić information content (AvgIpc) is 2.39. The van der Waals surface area contributed by atoms with Crippen molar-refractivity contribution in [2.45, 2.75) is 24.9 Å². The van der Waals surface area contributed by atoms with E-state index in [1.54, 1.807) is 12.1 Å². The highest BCUT2D eigenvalue weighted by atomic mass is 19.4. The van der Waals surface area contributed by atoms with Crippen molar-refractivity contribution in [3.8, 4) is 5.75 Å². The van der Waals surface area contributed by atoms with Gasteiger partial charge in [-0.15, -0.1) is 13.2 Å². The molecule has 0 saturated carbocycles. The van der Waals surface area contributed by atoms with Crippen LogP contribution in [0, 0.1) is 0 Å². The fraction of sp³-hybridized carbons (Fsp3) is 0.571. The molecular weight excluding hydrogens is 285 g/mol. The topological polar surface area (TPSA) is 47.7 Å². The molecule has 2 N–H and O–H groups in total. The summed E-state index contributed by atoms with van der Waals surface area (Å²) in [7, 11) is 2.01. The maximum Gasteiger partial charge on any atom is 0.573 e. The van der Waals surface area contributed by atoms with Crippen molar-refractivity contribution in [1.82, 2.24) is 4.90 Å². The van der Waals surface area contributed by atoms with Crippen molar-refractivity contribution in [3.05, 3.63) is 29.8 Å². The van der Waals surface area contributed by atoms with E-state index >= 15 is 0 Å². The Hall–Kier alpha value is -1.31. The molecule has 2 unspecified atom stereocenters. The Bertz CT molecular complexity index is 451. The predicted octanol–water partition coefficient (Wildman–Crippen LogP) is 1.79. The molecule has 118 valence electrons. The minimum absolute atomic E-state index is 0.0603. The van der Waals surface area contributed by atoms with Gasteiger partial charge in [-0.25, -0.2) is 0 Å². The summed E-state index contributed by atoms with van der Waals surface area (Å²) in [6.45, 7) is 2.29. The van der Waals surface area contributed by atoms with E-state index < -0.39 is 6.36 Å². The molecule has 0 aromatic heterocycles. The number of nitrogens with zero attached hydrogens (tertiary/aromatic N) is 1. The van der Waals surface area contributed by atoms with Crippen molar-refractivity contribution in [2.75, 3.05) is 26.7 Å². The second-order valence-electron chi connectivity index (χ2n) is 5.23. The van der Waals surface area contributed by atoms with Gasteiger partial charge in [0.25, 0.3) is 0 Å². The highest BCUT2D eigenvalue weighted by Gasteiger charge is 2.31. The highest BCUT2D eigenvalue weighted by molar-refractivity contribution is 5.28. The van der Waals surface area contributed by atoms with Crippen LogP contribution in [0.3, 0.4) is 0 Å². The zero-order valence-corrected chi connectivity index (χ0v) is 11.8. The number of halogens is 3. The molecule has 1 heterocycles. The van der Waals surface area contributed by atoms with Crippen LogP contribution in [0.1, 0.15) is 5.56 Å². The Balaban J connectivity index is 1.90. The molecule has 1 saturated heterocycles. The van der Waals surface area contributed by atoms with E-state index in [1.807, 2.05) is 7.05 Å². The van der Waals surface area contributed by atoms with Gasteiger partial charge in [0.15, 0.2) is 0 Å². The maximum atomic E-state index is 12.1. The maximum absolute atomic E-state index is 12.1. The summed E-state index contributed by atoms with van der Waals surface area (Å²) in [5, 5.41) is 0. The summed E-state index contributed by atoms with van der Waals surface area (Å²) >= 11 is 0. The summed E-state index contributed by atoms with van der Waals surface area (Å²) < 4.78 is 45.7. The summed E-state index contributed by atoms with van der Waals surface area (Å²) in [6.07, 6.45) is -4.18.